The minimum Gasteiger partial charge on any atom is -0.353 e. The second-order valence-electron chi connectivity index (χ2n) is 3.82. The van der Waals surface area contributed by atoms with Crippen LogP contribution in [0.15, 0.2) is 12.1 Å². The Morgan fingerprint density at radius 3 is 2.47 bits per heavy atom. The van der Waals surface area contributed by atoms with Crippen molar-refractivity contribution in [1.82, 2.24) is 5.32 Å². The molecule has 4 heteroatoms. The maximum absolute atomic E-state index is 5.48. The predicted molar refractivity (Wildman–Crippen MR) is 72.4 cm³/mol. The standard InChI is InChI=1S/C13H23NO2S/c1-4-15-13(16-5-2)8-9-14-10-12-7-6-11(3)17-12/h6-7,13-14H,4-5,8-10H2,1-3H3. The molecule has 1 N–H and O–H groups in total. The molecule has 1 aromatic heterocycles. The highest BCUT2D eigenvalue weighted by molar-refractivity contribution is 7.11. The number of rotatable bonds is 9. The second kappa shape index (κ2) is 8.64. The molecule has 0 aliphatic rings. The minimum absolute atomic E-state index is 0.0671. The fraction of sp³-hybridized carbons (Fsp3) is 0.692. The fourth-order valence-electron chi connectivity index (χ4n) is 1.60. The summed E-state index contributed by atoms with van der Waals surface area (Å²) < 4.78 is 11.0. The van der Waals surface area contributed by atoms with Crippen molar-refractivity contribution in [3.8, 4) is 0 Å². The van der Waals surface area contributed by atoms with E-state index < -0.39 is 0 Å². The largest absolute Gasteiger partial charge is 0.353 e. The van der Waals surface area contributed by atoms with Crippen molar-refractivity contribution in [2.24, 2.45) is 0 Å². The normalized spacial score (nSPS) is 11.3. The van der Waals surface area contributed by atoms with Crippen molar-refractivity contribution >= 4 is 11.3 Å². The summed E-state index contributed by atoms with van der Waals surface area (Å²) in [4.78, 5) is 2.75. The van der Waals surface area contributed by atoms with E-state index in [0.717, 1.165) is 19.5 Å². The second-order valence-corrected chi connectivity index (χ2v) is 5.19. The fourth-order valence-corrected chi connectivity index (χ4v) is 2.46. The van der Waals surface area contributed by atoms with Gasteiger partial charge in [0, 0.05) is 42.5 Å². The molecule has 0 saturated carbocycles. The van der Waals surface area contributed by atoms with Crippen LogP contribution in [0.4, 0.5) is 0 Å². The van der Waals surface area contributed by atoms with Gasteiger partial charge in [-0.05, 0) is 32.9 Å². The van der Waals surface area contributed by atoms with Gasteiger partial charge in [-0.15, -0.1) is 11.3 Å². The summed E-state index contributed by atoms with van der Waals surface area (Å²) in [5.74, 6) is 0. The molecule has 0 fully saturated rings. The number of ether oxygens (including phenoxy) is 2. The molecule has 1 rings (SSSR count). The predicted octanol–water partition coefficient (Wildman–Crippen LogP) is 2.94. The molecule has 1 aromatic rings. The van der Waals surface area contributed by atoms with E-state index in [9.17, 15) is 0 Å². The average Bonchev–Trinajstić information content (AvgIpc) is 2.71. The first-order valence-electron chi connectivity index (χ1n) is 6.25. The Morgan fingerprint density at radius 1 is 1.24 bits per heavy atom. The molecule has 98 valence electrons. The molecule has 3 nitrogen and oxygen atoms in total. The molecule has 0 aliphatic heterocycles. The van der Waals surface area contributed by atoms with Crippen molar-refractivity contribution in [3.05, 3.63) is 21.9 Å². The smallest absolute Gasteiger partial charge is 0.158 e. The lowest BCUT2D eigenvalue weighted by molar-refractivity contribution is -0.138. The highest BCUT2D eigenvalue weighted by atomic mass is 32.1. The van der Waals surface area contributed by atoms with Gasteiger partial charge < -0.3 is 14.8 Å². The molecule has 0 spiro atoms. The van der Waals surface area contributed by atoms with E-state index in [2.05, 4.69) is 24.4 Å². The van der Waals surface area contributed by atoms with Crippen LogP contribution in [0.25, 0.3) is 0 Å². The summed E-state index contributed by atoms with van der Waals surface area (Å²) in [6, 6.07) is 4.33. The van der Waals surface area contributed by atoms with Crippen LogP contribution in [0, 0.1) is 6.92 Å². The molecule has 0 unspecified atom stereocenters. The molecule has 0 bridgehead atoms. The lowest BCUT2D eigenvalue weighted by Gasteiger charge is -2.16. The van der Waals surface area contributed by atoms with E-state index in [-0.39, 0.29) is 6.29 Å². The van der Waals surface area contributed by atoms with Crippen LogP contribution in [0.3, 0.4) is 0 Å². The van der Waals surface area contributed by atoms with Gasteiger partial charge >= 0.3 is 0 Å². The Hall–Kier alpha value is -0.420. The maximum Gasteiger partial charge on any atom is 0.158 e. The van der Waals surface area contributed by atoms with E-state index in [1.54, 1.807) is 0 Å². The third kappa shape index (κ3) is 6.17. The third-order valence-electron chi connectivity index (χ3n) is 2.36. The summed E-state index contributed by atoms with van der Waals surface area (Å²) in [7, 11) is 0. The summed E-state index contributed by atoms with van der Waals surface area (Å²) in [5, 5.41) is 3.41. The lowest BCUT2D eigenvalue weighted by Crippen LogP contribution is -2.24. The molecule has 0 radical (unpaired) electrons. The molecule has 0 aliphatic carbocycles. The van der Waals surface area contributed by atoms with Crippen LogP contribution in [-0.4, -0.2) is 26.0 Å². The Morgan fingerprint density at radius 2 is 1.94 bits per heavy atom. The van der Waals surface area contributed by atoms with Crippen molar-refractivity contribution in [2.75, 3.05) is 19.8 Å². The molecule has 17 heavy (non-hydrogen) atoms. The molecule has 0 aromatic carbocycles. The first-order valence-corrected chi connectivity index (χ1v) is 7.07. The summed E-state index contributed by atoms with van der Waals surface area (Å²) in [6.45, 7) is 9.38. The number of nitrogens with one attached hydrogen (secondary N) is 1. The molecule has 0 atom stereocenters. The van der Waals surface area contributed by atoms with Gasteiger partial charge in [-0.2, -0.15) is 0 Å². The molecule has 0 amide bonds. The van der Waals surface area contributed by atoms with Crippen LogP contribution in [0.1, 0.15) is 30.0 Å². The van der Waals surface area contributed by atoms with E-state index in [0.29, 0.717) is 13.2 Å². The maximum atomic E-state index is 5.48. The van der Waals surface area contributed by atoms with Gasteiger partial charge in [0.2, 0.25) is 0 Å². The zero-order valence-electron chi connectivity index (χ0n) is 11.0. The quantitative estimate of drug-likeness (QED) is 0.545. The topological polar surface area (TPSA) is 30.5 Å². The summed E-state index contributed by atoms with van der Waals surface area (Å²) in [6.07, 6.45) is 0.828. The first kappa shape index (κ1) is 14.6. The van der Waals surface area contributed by atoms with Crippen molar-refractivity contribution in [3.63, 3.8) is 0 Å². The zero-order chi connectivity index (χ0) is 12.5. The first-order chi connectivity index (χ1) is 8.26. The monoisotopic (exact) mass is 257 g/mol. The lowest BCUT2D eigenvalue weighted by atomic mass is 10.4. The Bertz CT molecular complexity index is 295. The van der Waals surface area contributed by atoms with Crippen molar-refractivity contribution in [1.29, 1.82) is 0 Å². The van der Waals surface area contributed by atoms with Crippen LogP contribution in [-0.2, 0) is 16.0 Å². The van der Waals surface area contributed by atoms with Gasteiger partial charge in [-0.25, -0.2) is 0 Å². The van der Waals surface area contributed by atoms with Crippen molar-refractivity contribution in [2.45, 2.75) is 40.0 Å². The van der Waals surface area contributed by atoms with Crippen LogP contribution >= 0.6 is 11.3 Å². The molecule has 1 heterocycles. The van der Waals surface area contributed by atoms with Gasteiger partial charge in [0.15, 0.2) is 6.29 Å². The van der Waals surface area contributed by atoms with Gasteiger partial charge in [0.1, 0.15) is 0 Å². The van der Waals surface area contributed by atoms with Crippen molar-refractivity contribution < 1.29 is 9.47 Å². The van der Waals surface area contributed by atoms with Gasteiger partial charge in [0.05, 0.1) is 0 Å². The highest BCUT2D eigenvalue weighted by Crippen LogP contribution is 2.14. The SMILES string of the molecule is CCOC(CCNCc1ccc(C)s1)OCC. The Labute approximate surface area is 108 Å². The summed E-state index contributed by atoms with van der Waals surface area (Å²) in [5.41, 5.74) is 0. The van der Waals surface area contributed by atoms with Crippen LogP contribution in [0.5, 0.6) is 0 Å². The number of aryl methyl sites for hydroxylation is 1. The van der Waals surface area contributed by atoms with E-state index in [4.69, 9.17) is 9.47 Å². The van der Waals surface area contributed by atoms with E-state index in [1.807, 2.05) is 25.2 Å². The third-order valence-corrected chi connectivity index (χ3v) is 3.36. The highest BCUT2D eigenvalue weighted by Gasteiger charge is 2.06. The molecular weight excluding hydrogens is 234 g/mol. The zero-order valence-corrected chi connectivity index (χ0v) is 11.8. The minimum atomic E-state index is -0.0671. The van der Waals surface area contributed by atoms with Gasteiger partial charge in [0.25, 0.3) is 0 Å². The number of thiophene rings is 1. The van der Waals surface area contributed by atoms with Gasteiger partial charge in [-0.3, -0.25) is 0 Å². The van der Waals surface area contributed by atoms with E-state index >= 15 is 0 Å². The molecular formula is C13H23NO2S. The number of hydrogen-bond acceptors (Lipinski definition) is 4. The molecule has 0 saturated heterocycles. The van der Waals surface area contributed by atoms with Gasteiger partial charge in [-0.1, -0.05) is 0 Å². The average molecular weight is 257 g/mol. The van der Waals surface area contributed by atoms with E-state index in [1.165, 1.54) is 9.75 Å². The summed E-state index contributed by atoms with van der Waals surface area (Å²) >= 11 is 1.84. The Kier molecular flexibility index (Phi) is 7.44. The number of hydrogen-bond donors (Lipinski definition) is 1. The van der Waals surface area contributed by atoms with Crippen LogP contribution < -0.4 is 5.32 Å². The Balaban J connectivity index is 2.13. The van der Waals surface area contributed by atoms with Crippen LogP contribution in [0.2, 0.25) is 0 Å².